The third-order valence-electron chi connectivity index (χ3n) is 3.55. The van der Waals surface area contributed by atoms with E-state index in [0.717, 1.165) is 30.4 Å². The third-order valence-corrected chi connectivity index (χ3v) is 3.55. The topological polar surface area (TPSA) is 0 Å². The molecule has 0 saturated heterocycles. The molecule has 0 fully saturated rings. The van der Waals surface area contributed by atoms with Crippen LogP contribution in [0.15, 0.2) is 48.5 Å². The molecule has 0 atom stereocenters. The van der Waals surface area contributed by atoms with Gasteiger partial charge in [0.15, 0.2) is 11.7 Å². The Morgan fingerprint density at radius 1 is 0.714 bits per heavy atom. The Hall–Kier alpha value is -1.96. The molecular weight excluding hydrogens is 266 g/mol. The maximum Gasteiger partial charge on any atom is 0.166 e. The average Bonchev–Trinajstić information content (AvgIpc) is 2.54. The van der Waals surface area contributed by atoms with E-state index in [2.05, 4.69) is 6.92 Å². The van der Waals surface area contributed by atoms with Gasteiger partial charge in [0.25, 0.3) is 0 Å². The van der Waals surface area contributed by atoms with E-state index in [9.17, 15) is 8.78 Å². The lowest BCUT2D eigenvalue weighted by molar-refractivity contribution is 0.700. The average molecular weight is 286 g/mol. The Morgan fingerprint density at radius 2 is 1.14 bits per heavy atom. The fourth-order valence-electron chi connectivity index (χ4n) is 2.25. The van der Waals surface area contributed by atoms with Crippen LogP contribution in [0.5, 0.6) is 0 Å². The molecule has 0 amide bonds. The monoisotopic (exact) mass is 286 g/mol. The Kier molecular flexibility index (Phi) is 5.26. The molecule has 0 N–H and O–H groups in total. The molecule has 0 heterocycles. The van der Waals surface area contributed by atoms with Crippen LogP contribution in [0.25, 0.3) is 11.7 Å². The molecule has 0 aliphatic carbocycles. The first-order valence-corrected chi connectivity index (χ1v) is 7.39. The molecule has 0 nitrogen and oxygen atoms in total. The zero-order valence-electron chi connectivity index (χ0n) is 12.5. The molecule has 0 spiro atoms. The van der Waals surface area contributed by atoms with Gasteiger partial charge in [-0.05, 0) is 24.0 Å². The fraction of sp³-hybridized carbons (Fsp3) is 0.263. The van der Waals surface area contributed by atoms with Crippen LogP contribution in [0, 0.1) is 0 Å². The van der Waals surface area contributed by atoms with Gasteiger partial charge in [-0.3, -0.25) is 0 Å². The molecular formula is C19H20F2. The highest BCUT2D eigenvalue weighted by atomic mass is 19.2. The molecule has 0 bridgehead atoms. The molecule has 0 aliphatic rings. The second kappa shape index (κ2) is 7.16. The van der Waals surface area contributed by atoms with E-state index in [1.165, 1.54) is 0 Å². The lowest BCUT2D eigenvalue weighted by atomic mass is 10.0. The van der Waals surface area contributed by atoms with E-state index in [1.54, 1.807) is 24.3 Å². The molecule has 2 rings (SSSR count). The zero-order chi connectivity index (χ0) is 15.2. The Balaban J connectivity index is 2.27. The lowest BCUT2D eigenvalue weighted by Crippen LogP contribution is -1.88. The van der Waals surface area contributed by atoms with Gasteiger partial charge in [0, 0.05) is 11.1 Å². The number of hydrogen-bond acceptors (Lipinski definition) is 0. The van der Waals surface area contributed by atoms with Crippen molar-refractivity contribution in [3.8, 4) is 0 Å². The Morgan fingerprint density at radius 3 is 1.52 bits per heavy atom. The highest BCUT2D eigenvalue weighted by molar-refractivity contribution is 5.83. The number of hydrogen-bond donors (Lipinski definition) is 0. The van der Waals surface area contributed by atoms with Crippen molar-refractivity contribution in [2.75, 3.05) is 0 Å². The Bertz CT molecular complexity index is 607. The SMILES string of the molecule is CCCc1ccc(C(F)=C(F)c2ccc(CC)cc2)cc1. The van der Waals surface area contributed by atoms with Crippen LogP contribution >= 0.6 is 0 Å². The van der Waals surface area contributed by atoms with Crippen molar-refractivity contribution in [3.63, 3.8) is 0 Å². The number of rotatable bonds is 5. The van der Waals surface area contributed by atoms with Gasteiger partial charge in [0.2, 0.25) is 0 Å². The molecule has 0 saturated carbocycles. The van der Waals surface area contributed by atoms with Crippen molar-refractivity contribution in [2.45, 2.75) is 33.1 Å². The summed E-state index contributed by atoms with van der Waals surface area (Å²) >= 11 is 0. The summed E-state index contributed by atoms with van der Waals surface area (Å²) in [4.78, 5) is 0. The first-order chi connectivity index (χ1) is 10.2. The first-order valence-electron chi connectivity index (χ1n) is 7.39. The Labute approximate surface area is 125 Å². The van der Waals surface area contributed by atoms with Gasteiger partial charge in [-0.15, -0.1) is 0 Å². The van der Waals surface area contributed by atoms with Gasteiger partial charge in [0.05, 0.1) is 0 Å². The van der Waals surface area contributed by atoms with Crippen molar-refractivity contribution in [1.29, 1.82) is 0 Å². The van der Waals surface area contributed by atoms with Gasteiger partial charge in [-0.2, -0.15) is 0 Å². The molecule has 2 aromatic rings. The second-order valence-corrected chi connectivity index (χ2v) is 5.13. The molecule has 0 radical (unpaired) electrons. The van der Waals surface area contributed by atoms with Crippen LogP contribution in [0.1, 0.15) is 42.5 Å². The van der Waals surface area contributed by atoms with Crippen molar-refractivity contribution in [1.82, 2.24) is 0 Å². The van der Waals surface area contributed by atoms with Crippen LogP contribution in [0.4, 0.5) is 8.78 Å². The summed E-state index contributed by atoms with van der Waals surface area (Å²) in [6.45, 7) is 4.12. The summed E-state index contributed by atoms with van der Waals surface area (Å²) in [5.41, 5.74) is 2.81. The minimum atomic E-state index is -0.805. The smallest absolute Gasteiger partial charge is 0.166 e. The van der Waals surface area contributed by atoms with Gasteiger partial charge in [-0.1, -0.05) is 68.8 Å². The van der Waals surface area contributed by atoms with Crippen molar-refractivity contribution in [2.24, 2.45) is 0 Å². The summed E-state index contributed by atoms with van der Waals surface area (Å²) in [5, 5.41) is 0. The zero-order valence-corrected chi connectivity index (χ0v) is 12.5. The fourth-order valence-corrected chi connectivity index (χ4v) is 2.25. The van der Waals surface area contributed by atoms with Gasteiger partial charge < -0.3 is 0 Å². The van der Waals surface area contributed by atoms with E-state index >= 15 is 0 Å². The van der Waals surface area contributed by atoms with Crippen LogP contribution in [0.2, 0.25) is 0 Å². The molecule has 110 valence electrons. The summed E-state index contributed by atoms with van der Waals surface area (Å²) in [7, 11) is 0. The summed E-state index contributed by atoms with van der Waals surface area (Å²) in [6, 6.07) is 13.9. The van der Waals surface area contributed by atoms with Gasteiger partial charge >= 0.3 is 0 Å². The molecule has 0 aliphatic heterocycles. The highest BCUT2D eigenvalue weighted by Crippen LogP contribution is 2.29. The third kappa shape index (κ3) is 3.78. The molecule has 21 heavy (non-hydrogen) atoms. The van der Waals surface area contributed by atoms with E-state index < -0.39 is 11.7 Å². The predicted octanol–water partition coefficient (Wildman–Crippen LogP) is 5.97. The minimum absolute atomic E-state index is 0.280. The molecule has 2 aromatic carbocycles. The number of benzene rings is 2. The number of halogens is 2. The first kappa shape index (κ1) is 15.4. The van der Waals surface area contributed by atoms with Crippen LogP contribution in [-0.2, 0) is 12.8 Å². The van der Waals surface area contributed by atoms with Crippen LogP contribution in [-0.4, -0.2) is 0 Å². The summed E-state index contributed by atoms with van der Waals surface area (Å²) < 4.78 is 28.4. The second-order valence-electron chi connectivity index (χ2n) is 5.13. The summed E-state index contributed by atoms with van der Waals surface area (Å²) in [6.07, 6.45) is 2.87. The minimum Gasteiger partial charge on any atom is -0.203 e. The molecule has 2 heteroatoms. The lowest BCUT2D eigenvalue weighted by Gasteiger charge is -2.05. The van der Waals surface area contributed by atoms with E-state index in [4.69, 9.17) is 0 Å². The maximum absolute atomic E-state index is 14.2. The number of aryl methyl sites for hydroxylation is 2. The summed E-state index contributed by atoms with van der Waals surface area (Å²) in [5.74, 6) is -1.61. The van der Waals surface area contributed by atoms with E-state index in [1.807, 2.05) is 31.2 Å². The van der Waals surface area contributed by atoms with Crippen LogP contribution < -0.4 is 0 Å². The normalized spacial score (nSPS) is 12.2. The van der Waals surface area contributed by atoms with Crippen molar-refractivity contribution < 1.29 is 8.78 Å². The van der Waals surface area contributed by atoms with E-state index in [-0.39, 0.29) is 11.1 Å². The largest absolute Gasteiger partial charge is 0.203 e. The molecule has 0 aromatic heterocycles. The van der Waals surface area contributed by atoms with Crippen molar-refractivity contribution >= 4 is 11.7 Å². The van der Waals surface area contributed by atoms with Gasteiger partial charge in [0.1, 0.15) is 0 Å². The maximum atomic E-state index is 14.2. The van der Waals surface area contributed by atoms with Crippen LogP contribution in [0.3, 0.4) is 0 Å². The highest BCUT2D eigenvalue weighted by Gasteiger charge is 2.11. The van der Waals surface area contributed by atoms with E-state index in [0.29, 0.717) is 0 Å². The van der Waals surface area contributed by atoms with Gasteiger partial charge in [-0.25, -0.2) is 8.78 Å². The predicted molar refractivity (Wildman–Crippen MR) is 85.3 cm³/mol. The quantitative estimate of drug-likeness (QED) is 0.594. The standard InChI is InChI=1S/C19H20F2/c1-3-5-15-8-12-17(13-9-15)19(21)18(20)16-10-6-14(4-2)7-11-16/h6-13H,3-5H2,1-2H3. The molecule has 0 unspecified atom stereocenters. The van der Waals surface area contributed by atoms with Crippen molar-refractivity contribution in [3.05, 3.63) is 70.8 Å².